The van der Waals surface area contributed by atoms with E-state index in [9.17, 15) is 14.4 Å². The van der Waals surface area contributed by atoms with Crippen molar-refractivity contribution in [3.8, 4) is 0 Å². The number of esters is 1. The molecule has 0 radical (unpaired) electrons. The zero-order valence-electron chi connectivity index (χ0n) is 16.2. The summed E-state index contributed by atoms with van der Waals surface area (Å²) in [4.78, 5) is 39.6. The molecule has 0 saturated heterocycles. The normalized spacial score (nSPS) is 24.6. The first-order chi connectivity index (χ1) is 13.5. The molecule has 0 aromatic heterocycles. The van der Waals surface area contributed by atoms with E-state index >= 15 is 0 Å². The van der Waals surface area contributed by atoms with Gasteiger partial charge in [-0.2, -0.15) is 0 Å². The van der Waals surface area contributed by atoms with Gasteiger partial charge in [-0.1, -0.05) is 42.0 Å². The topological polar surface area (TPSA) is 63.7 Å². The lowest BCUT2D eigenvalue weighted by atomic mass is 9.74. The number of ketones is 1. The third-order valence-corrected chi connectivity index (χ3v) is 6.19. The SMILES string of the molecule is CN(C(=O)COC(=O)C1CC=CCC1)C1(c2ccccc2Cl)CCCCC1=O. The van der Waals surface area contributed by atoms with Crippen molar-refractivity contribution in [2.45, 2.75) is 50.5 Å². The average Bonchev–Trinajstić information content (AvgIpc) is 2.73. The van der Waals surface area contributed by atoms with Gasteiger partial charge in [-0.25, -0.2) is 0 Å². The zero-order chi connectivity index (χ0) is 20.1. The predicted molar refractivity (Wildman–Crippen MR) is 107 cm³/mol. The molecule has 1 amide bonds. The van der Waals surface area contributed by atoms with Crippen LogP contribution < -0.4 is 0 Å². The second kappa shape index (κ2) is 8.91. The first-order valence-electron chi connectivity index (χ1n) is 9.83. The first-order valence-corrected chi connectivity index (χ1v) is 10.2. The summed E-state index contributed by atoms with van der Waals surface area (Å²) in [5.74, 6) is -0.967. The molecule has 0 aliphatic heterocycles. The Morgan fingerprint density at radius 3 is 2.71 bits per heavy atom. The highest BCUT2D eigenvalue weighted by atomic mass is 35.5. The summed E-state index contributed by atoms with van der Waals surface area (Å²) in [5.41, 5.74) is -0.464. The Morgan fingerprint density at radius 2 is 2.04 bits per heavy atom. The van der Waals surface area contributed by atoms with Crippen LogP contribution in [0.15, 0.2) is 36.4 Å². The highest BCUT2D eigenvalue weighted by molar-refractivity contribution is 6.31. The summed E-state index contributed by atoms with van der Waals surface area (Å²) in [6.45, 7) is -0.366. The number of amides is 1. The van der Waals surface area contributed by atoms with Crippen LogP contribution in [0.1, 0.15) is 50.5 Å². The summed E-state index contributed by atoms with van der Waals surface area (Å²) in [6.07, 6.45) is 8.78. The lowest BCUT2D eigenvalue weighted by Crippen LogP contribution is -2.55. The van der Waals surface area contributed by atoms with Gasteiger partial charge in [-0.15, -0.1) is 0 Å². The van der Waals surface area contributed by atoms with E-state index in [1.165, 1.54) is 4.90 Å². The Balaban J connectivity index is 1.77. The third kappa shape index (κ3) is 4.00. The molecule has 1 fully saturated rings. The number of hydrogen-bond acceptors (Lipinski definition) is 4. The van der Waals surface area contributed by atoms with Crippen LogP contribution >= 0.6 is 11.6 Å². The summed E-state index contributed by atoms with van der Waals surface area (Å²) in [6, 6.07) is 7.15. The number of benzene rings is 1. The molecule has 2 aliphatic rings. The Hall–Kier alpha value is -2.14. The van der Waals surface area contributed by atoms with Gasteiger partial charge in [0, 0.05) is 24.1 Å². The van der Waals surface area contributed by atoms with Crippen LogP contribution in [0.5, 0.6) is 0 Å². The van der Waals surface area contributed by atoms with Crippen LogP contribution in [0.2, 0.25) is 5.02 Å². The predicted octanol–water partition coefficient (Wildman–Crippen LogP) is 4.04. The van der Waals surface area contributed by atoms with Gasteiger partial charge >= 0.3 is 5.97 Å². The fourth-order valence-corrected chi connectivity index (χ4v) is 4.49. The molecule has 0 heterocycles. The van der Waals surface area contributed by atoms with Crippen LogP contribution in [-0.2, 0) is 24.7 Å². The number of hydrogen-bond donors (Lipinski definition) is 0. The molecule has 3 rings (SSSR count). The van der Waals surface area contributed by atoms with Crippen molar-refractivity contribution in [3.63, 3.8) is 0 Å². The average molecular weight is 404 g/mol. The van der Waals surface area contributed by atoms with E-state index in [1.807, 2.05) is 18.2 Å². The Morgan fingerprint density at radius 1 is 1.25 bits per heavy atom. The van der Waals surface area contributed by atoms with Crippen LogP contribution in [0.25, 0.3) is 0 Å². The van der Waals surface area contributed by atoms with Crippen molar-refractivity contribution < 1.29 is 19.1 Å². The minimum Gasteiger partial charge on any atom is -0.455 e. The number of carbonyl (C=O) groups excluding carboxylic acids is 3. The minimum atomic E-state index is -1.10. The molecule has 0 spiro atoms. The van der Waals surface area contributed by atoms with E-state index in [4.69, 9.17) is 16.3 Å². The van der Waals surface area contributed by atoms with Crippen LogP contribution in [-0.4, -0.2) is 36.2 Å². The van der Waals surface area contributed by atoms with Crippen molar-refractivity contribution >= 4 is 29.3 Å². The van der Waals surface area contributed by atoms with Crippen LogP contribution in [0.4, 0.5) is 0 Å². The van der Waals surface area contributed by atoms with E-state index in [2.05, 4.69) is 0 Å². The third-order valence-electron chi connectivity index (χ3n) is 5.86. The molecule has 2 atom stereocenters. The monoisotopic (exact) mass is 403 g/mol. The second-order valence-electron chi connectivity index (χ2n) is 7.51. The number of nitrogens with zero attached hydrogens (tertiary/aromatic N) is 1. The number of rotatable bonds is 5. The van der Waals surface area contributed by atoms with Crippen LogP contribution in [0.3, 0.4) is 0 Å². The largest absolute Gasteiger partial charge is 0.455 e. The molecule has 2 aliphatic carbocycles. The summed E-state index contributed by atoms with van der Waals surface area (Å²) in [7, 11) is 1.60. The standard InChI is InChI=1S/C22H26ClNO4/c1-24(20(26)15-28-21(27)16-9-3-2-4-10-16)22(14-8-7-13-19(22)25)17-11-5-6-12-18(17)23/h2-3,5-6,11-12,16H,4,7-10,13-15H2,1H3. The van der Waals surface area contributed by atoms with Crippen molar-refractivity contribution in [2.24, 2.45) is 5.92 Å². The molecule has 5 nitrogen and oxygen atoms in total. The molecule has 0 bridgehead atoms. The van der Waals surface area contributed by atoms with Gasteiger partial charge < -0.3 is 9.64 Å². The molecular weight excluding hydrogens is 378 g/mol. The maximum absolute atomic E-state index is 13.0. The van der Waals surface area contributed by atoms with Crippen molar-refractivity contribution in [2.75, 3.05) is 13.7 Å². The molecule has 150 valence electrons. The molecule has 1 saturated carbocycles. The first kappa shape index (κ1) is 20.6. The highest BCUT2D eigenvalue weighted by Crippen LogP contribution is 2.42. The van der Waals surface area contributed by atoms with Gasteiger partial charge in [-0.05, 0) is 44.6 Å². The van der Waals surface area contributed by atoms with Gasteiger partial charge in [-0.3, -0.25) is 14.4 Å². The van der Waals surface area contributed by atoms with Gasteiger partial charge in [0.15, 0.2) is 12.4 Å². The molecular formula is C22H26ClNO4. The molecule has 1 aromatic carbocycles. The number of ether oxygens (including phenoxy) is 1. The number of carbonyl (C=O) groups is 3. The number of halogens is 1. The Kier molecular flexibility index (Phi) is 6.55. The van der Waals surface area contributed by atoms with E-state index in [-0.39, 0.29) is 24.3 Å². The van der Waals surface area contributed by atoms with Crippen molar-refractivity contribution in [1.82, 2.24) is 4.90 Å². The van der Waals surface area contributed by atoms with E-state index in [1.54, 1.807) is 25.2 Å². The van der Waals surface area contributed by atoms with Crippen LogP contribution in [0, 0.1) is 5.92 Å². The smallest absolute Gasteiger partial charge is 0.309 e. The minimum absolute atomic E-state index is 0.0218. The van der Waals surface area contributed by atoms with Gasteiger partial charge in [0.1, 0.15) is 5.54 Å². The fourth-order valence-electron chi connectivity index (χ4n) is 4.20. The zero-order valence-corrected chi connectivity index (χ0v) is 16.9. The van der Waals surface area contributed by atoms with E-state index < -0.39 is 11.4 Å². The Bertz CT molecular complexity index is 790. The maximum atomic E-state index is 13.0. The van der Waals surface area contributed by atoms with Crippen molar-refractivity contribution in [1.29, 1.82) is 0 Å². The molecule has 0 N–H and O–H groups in total. The number of Topliss-reactive ketones (excluding diaryl/α,β-unsaturated/α-hetero) is 1. The van der Waals surface area contributed by atoms with Crippen molar-refractivity contribution in [3.05, 3.63) is 47.0 Å². The lowest BCUT2D eigenvalue weighted by molar-refractivity contribution is -0.160. The summed E-state index contributed by atoms with van der Waals surface area (Å²) in [5, 5.41) is 0.461. The fraction of sp³-hybridized carbons (Fsp3) is 0.500. The molecule has 2 unspecified atom stereocenters. The molecule has 1 aromatic rings. The lowest BCUT2D eigenvalue weighted by Gasteiger charge is -2.43. The second-order valence-corrected chi connectivity index (χ2v) is 7.92. The summed E-state index contributed by atoms with van der Waals surface area (Å²) < 4.78 is 5.29. The van der Waals surface area contributed by atoms with E-state index in [0.717, 1.165) is 25.7 Å². The summed E-state index contributed by atoms with van der Waals surface area (Å²) >= 11 is 6.41. The highest BCUT2D eigenvalue weighted by Gasteiger charge is 2.48. The quantitative estimate of drug-likeness (QED) is 0.550. The van der Waals surface area contributed by atoms with Gasteiger partial charge in [0.05, 0.1) is 5.92 Å². The maximum Gasteiger partial charge on any atom is 0.309 e. The number of allylic oxidation sites excluding steroid dienone is 2. The Labute approximate surface area is 170 Å². The molecule has 6 heteroatoms. The van der Waals surface area contributed by atoms with Gasteiger partial charge in [0.2, 0.25) is 0 Å². The van der Waals surface area contributed by atoms with Gasteiger partial charge in [0.25, 0.3) is 5.91 Å². The van der Waals surface area contributed by atoms with E-state index in [0.29, 0.717) is 29.8 Å². The molecule has 28 heavy (non-hydrogen) atoms. The number of likely N-dealkylation sites (N-methyl/N-ethyl adjacent to an activating group) is 1.